The van der Waals surface area contributed by atoms with Gasteiger partial charge < -0.3 is 0 Å². The number of unbranched alkanes of at least 4 members (excludes halogenated alkanes) is 6. The molecule has 0 aliphatic heterocycles. The lowest BCUT2D eigenvalue weighted by molar-refractivity contribution is 0.601. The minimum Gasteiger partial charge on any atom is -0.206 e. The molecule has 0 aromatic heterocycles. The summed E-state index contributed by atoms with van der Waals surface area (Å²) in [6.07, 6.45) is 10.5. The second kappa shape index (κ2) is 10.0. The summed E-state index contributed by atoms with van der Waals surface area (Å²) in [6.45, 7) is 4.35. The fraction of sp³-hybridized carbons (Fsp3) is 0.462. The van der Waals surface area contributed by atoms with E-state index in [-0.39, 0.29) is 11.6 Å². The Balaban J connectivity index is 1.91. The zero-order valence-corrected chi connectivity index (χ0v) is 17.3. The number of benzene rings is 3. The van der Waals surface area contributed by atoms with E-state index in [1.807, 2.05) is 30.3 Å². The van der Waals surface area contributed by atoms with Crippen LogP contribution in [-0.4, -0.2) is 0 Å². The number of fused-ring (bicyclic) bond motifs is 2. The van der Waals surface area contributed by atoms with Gasteiger partial charge in [0.25, 0.3) is 0 Å². The SMILES string of the molecule is CCCCCCc1ccc2cc3ccc(CCCCCC)c(F)c3cc2c1F. The van der Waals surface area contributed by atoms with E-state index < -0.39 is 0 Å². The zero-order valence-electron chi connectivity index (χ0n) is 17.3. The number of rotatable bonds is 10. The van der Waals surface area contributed by atoms with Gasteiger partial charge in [0.05, 0.1) is 0 Å². The van der Waals surface area contributed by atoms with Gasteiger partial charge in [0.15, 0.2) is 0 Å². The van der Waals surface area contributed by atoms with E-state index in [2.05, 4.69) is 13.8 Å². The molecule has 0 saturated heterocycles. The van der Waals surface area contributed by atoms with Crippen LogP contribution in [0.1, 0.15) is 76.3 Å². The highest BCUT2D eigenvalue weighted by Gasteiger charge is 2.12. The molecule has 28 heavy (non-hydrogen) atoms. The maximum atomic E-state index is 15.1. The summed E-state index contributed by atoms with van der Waals surface area (Å²) in [5.41, 5.74) is 1.50. The van der Waals surface area contributed by atoms with Crippen molar-refractivity contribution in [3.63, 3.8) is 0 Å². The van der Waals surface area contributed by atoms with Crippen LogP contribution in [0.4, 0.5) is 8.78 Å². The smallest absolute Gasteiger partial charge is 0.134 e. The van der Waals surface area contributed by atoms with Gasteiger partial charge in [0, 0.05) is 10.8 Å². The third-order valence-electron chi connectivity index (χ3n) is 5.79. The lowest BCUT2D eigenvalue weighted by atomic mass is 9.96. The van der Waals surface area contributed by atoms with Gasteiger partial charge in [-0.2, -0.15) is 0 Å². The topological polar surface area (TPSA) is 0 Å². The Bertz CT molecular complexity index is 854. The zero-order chi connectivity index (χ0) is 19.9. The van der Waals surface area contributed by atoms with Gasteiger partial charge >= 0.3 is 0 Å². The molecule has 0 saturated carbocycles. The number of hydrogen-bond acceptors (Lipinski definition) is 0. The first-order valence-electron chi connectivity index (χ1n) is 11.0. The molecule has 2 heteroatoms. The number of aryl methyl sites for hydroxylation is 2. The summed E-state index contributed by atoms with van der Waals surface area (Å²) in [5.74, 6) is -0.354. The molecule has 0 aliphatic rings. The van der Waals surface area contributed by atoms with Crippen LogP contribution in [-0.2, 0) is 12.8 Å². The van der Waals surface area contributed by atoms with Crippen molar-refractivity contribution in [3.05, 3.63) is 59.2 Å². The van der Waals surface area contributed by atoms with E-state index in [0.29, 0.717) is 10.8 Å². The highest BCUT2D eigenvalue weighted by Crippen LogP contribution is 2.30. The average Bonchev–Trinajstić information content (AvgIpc) is 2.71. The third kappa shape index (κ3) is 4.71. The van der Waals surface area contributed by atoms with Crippen LogP contribution in [0.5, 0.6) is 0 Å². The second-order valence-corrected chi connectivity index (χ2v) is 7.99. The van der Waals surface area contributed by atoms with Crippen LogP contribution < -0.4 is 0 Å². The summed E-state index contributed by atoms with van der Waals surface area (Å²) in [4.78, 5) is 0. The van der Waals surface area contributed by atoms with Crippen LogP contribution >= 0.6 is 0 Å². The van der Waals surface area contributed by atoms with Crippen LogP contribution in [0.2, 0.25) is 0 Å². The summed E-state index contributed by atoms with van der Waals surface area (Å²) in [6, 6.07) is 11.4. The molecule has 0 nitrogen and oxygen atoms in total. The van der Waals surface area contributed by atoms with Crippen LogP contribution in [0.15, 0.2) is 36.4 Å². The molecule has 0 aliphatic carbocycles. The predicted octanol–water partition coefficient (Wildman–Crippen LogP) is 8.52. The van der Waals surface area contributed by atoms with E-state index in [1.54, 1.807) is 6.07 Å². The molecule has 0 heterocycles. The van der Waals surface area contributed by atoms with Crippen LogP contribution in [0.25, 0.3) is 21.5 Å². The quantitative estimate of drug-likeness (QED) is 0.243. The molecule has 150 valence electrons. The first-order chi connectivity index (χ1) is 13.7. The molecular weight excluding hydrogens is 350 g/mol. The molecular formula is C26H32F2. The summed E-state index contributed by atoms with van der Waals surface area (Å²) in [5, 5.41) is 2.78. The van der Waals surface area contributed by atoms with Gasteiger partial charge in [0.2, 0.25) is 0 Å². The Morgan fingerprint density at radius 3 is 1.46 bits per heavy atom. The minimum absolute atomic E-state index is 0.177. The van der Waals surface area contributed by atoms with Crippen molar-refractivity contribution < 1.29 is 8.78 Å². The highest BCUT2D eigenvalue weighted by atomic mass is 19.1. The highest BCUT2D eigenvalue weighted by molar-refractivity contribution is 5.99. The van der Waals surface area contributed by atoms with E-state index >= 15 is 8.78 Å². The normalized spacial score (nSPS) is 11.6. The molecule has 0 atom stereocenters. The number of halogens is 2. The molecule has 0 bridgehead atoms. The van der Waals surface area contributed by atoms with Gasteiger partial charge in [-0.15, -0.1) is 0 Å². The lowest BCUT2D eigenvalue weighted by Gasteiger charge is -2.11. The van der Waals surface area contributed by atoms with E-state index in [4.69, 9.17) is 0 Å². The van der Waals surface area contributed by atoms with Crippen molar-refractivity contribution in [2.45, 2.75) is 78.1 Å². The fourth-order valence-electron chi connectivity index (χ4n) is 4.03. The van der Waals surface area contributed by atoms with Gasteiger partial charge in [0.1, 0.15) is 11.6 Å². The van der Waals surface area contributed by atoms with Crippen molar-refractivity contribution in [2.24, 2.45) is 0 Å². The Labute approximate surface area is 168 Å². The van der Waals surface area contributed by atoms with Crippen molar-refractivity contribution in [2.75, 3.05) is 0 Å². The molecule has 0 spiro atoms. The summed E-state index contributed by atoms with van der Waals surface area (Å²) >= 11 is 0. The largest absolute Gasteiger partial charge is 0.206 e. The minimum atomic E-state index is -0.177. The van der Waals surface area contributed by atoms with Crippen molar-refractivity contribution in [3.8, 4) is 0 Å². The molecule has 0 fully saturated rings. The molecule has 3 rings (SSSR count). The van der Waals surface area contributed by atoms with E-state index in [1.165, 1.54) is 25.7 Å². The Kier molecular flexibility index (Phi) is 7.42. The molecule has 0 N–H and O–H groups in total. The van der Waals surface area contributed by atoms with Crippen molar-refractivity contribution in [1.29, 1.82) is 0 Å². The standard InChI is InChI=1S/C26H32F2/c1-3-5-7-9-11-19-13-15-21-17-22-16-14-20(12-10-8-6-4-2)26(28)24(22)18-23(21)25(19)27/h13-18H,3-12H2,1-2H3. The number of hydrogen-bond donors (Lipinski definition) is 0. The van der Waals surface area contributed by atoms with Crippen LogP contribution in [0.3, 0.4) is 0 Å². The lowest BCUT2D eigenvalue weighted by Crippen LogP contribution is -1.95. The first kappa shape index (κ1) is 20.8. The van der Waals surface area contributed by atoms with Crippen molar-refractivity contribution >= 4 is 21.5 Å². The maximum absolute atomic E-state index is 15.1. The van der Waals surface area contributed by atoms with Gasteiger partial charge in [-0.25, -0.2) is 8.78 Å². The predicted molar refractivity (Wildman–Crippen MR) is 117 cm³/mol. The molecule has 0 unspecified atom stereocenters. The van der Waals surface area contributed by atoms with Gasteiger partial charge in [-0.1, -0.05) is 76.6 Å². The molecule has 3 aromatic rings. The summed E-state index contributed by atoms with van der Waals surface area (Å²) in [7, 11) is 0. The van der Waals surface area contributed by atoms with Crippen molar-refractivity contribution in [1.82, 2.24) is 0 Å². The van der Waals surface area contributed by atoms with Gasteiger partial charge in [-0.3, -0.25) is 0 Å². The molecule has 3 aromatic carbocycles. The van der Waals surface area contributed by atoms with Gasteiger partial charge in [-0.05, 0) is 59.7 Å². The maximum Gasteiger partial charge on any atom is 0.134 e. The molecule has 0 radical (unpaired) electrons. The summed E-state index contributed by atoms with van der Waals surface area (Å²) < 4.78 is 30.2. The van der Waals surface area contributed by atoms with Crippen LogP contribution in [0, 0.1) is 11.6 Å². The van der Waals surface area contributed by atoms with E-state index in [9.17, 15) is 0 Å². The fourth-order valence-corrected chi connectivity index (χ4v) is 4.03. The third-order valence-corrected chi connectivity index (χ3v) is 5.79. The molecule has 0 amide bonds. The monoisotopic (exact) mass is 382 g/mol. The average molecular weight is 383 g/mol. The Morgan fingerprint density at radius 2 is 1.04 bits per heavy atom. The Hall–Kier alpha value is -1.96. The second-order valence-electron chi connectivity index (χ2n) is 7.99. The van der Waals surface area contributed by atoms with E-state index in [0.717, 1.165) is 60.4 Å². The first-order valence-corrected chi connectivity index (χ1v) is 11.0. The Morgan fingerprint density at radius 1 is 0.571 bits per heavy atom.